The minimum Gasteiger partial charge on any atom is -0.435 e. The molecule has 0 spiro atoms. The Bertz CT molecular complexity index is 794. The number of hydrogen-bond acceptors (Lipinski definition) is 3. The molecule has 0 bridgehead atoms. The number of rotatable bonds is 9. The third kappa shape index (κ3) is 6.98. The summed E-state index contributed by atoms with van der Waals surface area (Å²) in [5, 5.41) is 5.69. The maximum absolute atomic E-state index is 12.2. The fourth-order valence-corrected chi connectivity index (χ4v) is 2.47. The fraction of sp³-hybridized carbons (Fsp3) is 0.333. The lowest BCUT2D eigenvalue weighted by Crippen LogP contribution is -2.32. The molecular formula is C21H24F2N2O3. The van der Waals surface area contributed by atoms with E-state index in [2.05, 4.69) is 15.4 Å². The van der Waals surface area contributed by atoms with Gasteiger partial charge in [-0.15, -0.1) is 0 Å². The molecule has 0 aromatic heterocycles. The van der Waals surface area contributed by atoms with Crippen molar-refractivity contribution in [3.63, 3.8) is 0 Å². The van der Waals surface area contributed by atoms with E-state index in [9.17, 15) is 18.4 Å². The first-order valence-electron chi connectivity index (χ1n) is 9.07. The lowest BCUT2D eigenvalue weighted by atomic mass is 10.1. The highest BCUT2D eigenvalue weighted by atomic mass is 19.3. The molecule has 0 aliphatic heterocycles. The smallest absolute Gasteiger partial charge is 0.387 e. The molecule has 1 atom stereocenters. The number of amides is 2. The molecule has 5 nitrogen and oxygen atoms in total. The minimum absolute atomic E-state index is 0.0478. The summed E-state index contributed by atoms with van der Waals surface area (Å²) >= 11 is 0. The largest absolute Gasteiger partial charge is 0.435 e. The van der Waals surface area contributed by atoms with Gasteiger partial charge in [0, 0.05) is 18.2 Å². The monoisotopic (exact) mass is 390 g/mol. The van der Waals surface area contributed by atoms with Gasteiger partial charge in [0.15, 0.2) is 0 Å². The van der Waals surface area contributed by atoms with E-state index in [1.807, 2.05) is 19.9 Å². The van der Waals surface area contributed by atoms with E-state index in [-0.39, 0.29) is 36.6 Å². The molecule has 2 aromatic carbocycles. The molecule has 0 heterocycles. The first-order valence-corrected chi connectivity index (χ1v) is 9.07. The highest BCUT2D eigenvalue weighted by Crippen LogP contribution is 2.15. The van der Waals surface area contributed by atoms with E-state index in [1.165, 1.54) is 12.1 Å². The van der Waals surface area contributed by atoms with Crippen LogP contribution in [-0.4, -0.2) is 24.5 Å². The average molecular weight is 390 g/mol. The maximum atomic E-state index is 12.2. The Kier molecular flexibility index (Phi) is 7.92. The SMILES string of the molecule is CCC(C)NC(=O)c1cccc(CNC(=O)Cc2ccc(OC(F)F)cc2)c1. The van der Waals surface area contributed by atoms with Crippen molar-refractivity contribution in [3.8, 4) is 5.75 Å². The Morgan fingerprint density at radius 3 is 2.43 bits per heavy atom. The quantitative estimate of drug-likeness (QED) is 0.686. The second-order valence-corrected chi connectivity index (χ2v) is 6.46. The molecule has 2 amide bonds. The molecule has 0 saturated heterocycles. The Hall–Kier alpha value is -2.96. The average Bonchev–Trinajstić information content (AvgIpc) is 2.67. The zero-order chi connectivity index (χ0) is 20.5. The van der Waals surface area contributed by atoms with Crippen LogP contribution in [0.4, 0.5) is 8.78 Å². The number of nitrogens with one attached hydrogen (secondary N) is 2. The second kappa shape index (κ2) is 10.4. The van der Waals surface area contributed by atoms with Gasteiger partial charge in [-0.2, -0.15) is 8.78 Å². The van der Waals surface area contributed by atoms with Gasteiger partial charge in [0.1, 0.15) is 5.75 Å². The normalized spacial score (nSPS) is 11.8. The molecule has 2 aromatic rings. The molecule has 0 aliphatic carbocycles. The third-order valence-electron chi connectivity index (χ3n) is 4.18. The Balaban J connectivity index is 1.87. The number of ether oxygens (including phenoxy) is 1. The van der Waals surface area contributed by atoms with Crippen LogP contribution < -0.4 is 15.4 Å². The predicted molar refractivity (Wildman–Crippen MR) is 102 cm³/mol. The Morgan fingerprint density at radius 2 is 1.79 bits per heavy atom. The maximum Gasteiger partial charge on any atom is 0.387 e. The second-order valence-electron chi connectivity index (χ2n) is 6.46. The van der Waals surface area contributed by atoms with Gasteiger partial charge in [-0.25, -0.2) is 0 Å². The lowest BCUT2D eigenvalue weighted by molar-refractivity contribution is -0.120. The van der Waals surface area contributed by atoms with Gasteiger partial charge in [-0.05, 0) is 48.7 Å². The van der Waals surface area contributed by atoms with E-state index < -0.39 is 6.61 Å². The molecule has 0 saturated carbocycles. The summed E-state index contributed by atoms with van der Waals surface area (Å²) in [4.78, 5) is 24.3. The summed E-state index contributed by atoms with van der Waals surface area (Å²) in [5.41, 5.74) is 2.04. The molecular weight excluding hydrogens is 366 g/mol. The Morgan fingerprint density at radius 1 is 1.07 bits per heavy atom. The number of benzene rings is 2. The van der Waals surface area contributed by atoms with Gasteiger partial charge in [0.2, 0.25) is 5.91 Å². The first kappa shape index (κ1) is 21.3. The lowest BCUT2D eigenvalue weighted by Gasteiger charge is -2.12. The van der Waals surface area contributed by atoms with Crippen LogP contribution in [0.1, 0.15) is 41.8 Å². The van der Waals surface area contributed by atoms with Crippen LogP contribution in [0.2, 0.25) is 0 Å². The van der Waals surface area contributed by atoms with Gasteiger partial charge in [-0.3, -0.25) is 9.59 Å². The van der Waals surface area contributed by atoms with Crippen LogP contribution in [0.5, 0.6) is 5.75 Å². The van der Waals surface area contributed by atoms with Crippen molar-refractivity contribution in [2.24, 2.45) is 0 Å². The van der Waals surface area contributed by atoms with Crippen molar-refractivity contribution in [2.45, 2.75) is 45.9 Å². The standard InChI is InChI=1S/C21H24F2N2O3/c1-3-14(2)25-20(27)17-6-4-5-16(11-17)13-24-19(26)12-15-7-9-18(10-8-15)28-21(22)23/h4-11,14,21H,3,12-13H2,1-2H3,(H,24,26)(H,25,27). The Labute approximate surface area is 163 Å². The fourth-order valence-electron chi connectivity index (χ4n) is 2.47. The molecule has 7 heteroatoms. The van der Waals surface area contributed by atoms with Gasteiger partial charge in [0.05, 0.1) is 6.42 Å². The zero-order valence-electron chi connectivity index (χ0n) is 15.9. The summed E-state index contributed by atoms with van der Waals surface area (Å²) in [6.07, 6.45) is 0.958. The predicted octanol–water partition coefficient (Wildman–Crippen LogP) is 3.68. The summed E-state index contributed by atoms with van der Waals surface area (Å²) in [5.74, 6) is -0.308. The van der Waals surface area contributed by atoms with Crippen molar-refractivity contribution < 1.29 is 23.1 Å². The van der Waals surface area contributed by atoms with Crippen LogP contribution in [0, 0.1) is 0 Å². The van der Waals surface area contributed by atoms with Gasteiger partial charge < -0.3 is 15.4 Å². The number of carbonyl (C=O) groups is 2. The number of hydrogen-bond donors (Lipinski definition) is 2. The molecule has 2 rings (SSSR count). The van der Waals surface area contributed by atoms with Gasteiger partial charge >= 0.3 is 6.61 Å². The number of halogens is 2. The first-order chi connectivity index (χ1) is 13.4. The van der Waals surface area contributed by atoms with Crippen molar-refractivity contribution in [2.75, 3.05) is 0 Å². The highest BCUT2D eigenvalue weighted by Gasteiger charge is 2.10. The third-order valence-corrected chi connectivity index (χ3v) is 4.18. The van der Waals surface area contributed by atoms with Crippen molar-refractivity contribution in [1.29, 1.82) is 0 Å². The molecule has 0 fully saturated rings. The molecule has 0 aliphatic rings. The van der Waals surface area contributed by atoms with Crippen molar-refractivity contribution in [3.05, 3.63) is 65.2 Å². The summed E-state index contributed by atoms with van der Waals surface area (Å²) in [6, 6.07) is 13.1. The van der Waals surface area contributed by atoms with Crippen molar-refractivity contribution in [1.82, 2.24) is 10.6 Å². The topological polar surface area (TPSA) is 67.4 Å². The van der Waals surface area contributed by atoms with Crippen LogP contribution in [0.3, 0.4) is 0 Å². The summed E-state index contributed by atoms with van der Waals surface area (Å²) in [6.45, 7) is 1.34. The van der Waals surface area contributed by atoms with Crippen LogP contribution in [0.25, 0.3) is 0 Å². The molecule has 150 valence electrons. The van der Waals surface area contributed by atoms with E-state index in [1.54, 1.807) is 30.3 Å². The van der Waals surface area contributed by atoms with E-state index in [4.69, 9.17) is 0 Å². The molecule has 0 radical (unpaired) electrons. The number of carbonyl (C=O) groups excluding carboxylic acids is 2. The highest BCUT2D eigenvalue weighted by molar-refractivity contribution is 5.94. The summed E-state index contributed by atoms with van der Waals surface area (Å²) in [7, 11) is 0. The molecule has 1 unspecified atom stereocenters. The van der Waals surface area contributed by atoms with Crippen LogP contribution >= 0.6 is 0 Å². The van der Waals surface area contributed by atoms with E-state index in [0.29, 0.717) is 11.1 Å². The van der Waals surface area contributed by atoms with Crippen LogP contribution in [0.15, 0.2) is 48.5 Å². The van der Waals surface area contributed by atoms with Gasteiger partial charge in [0.25, 0.3) is 5.91 Å². The van der Waals surface area contributed by atoms with Crippen molar-refractivity contribution >= 4 is 11.8 Å². The summed E-state index contributed by atoms with van der Waals surface area (Å²) < 4.78 is 28.6. The number of alkyl halides is 2. The van der Waals surface area contributed by atoms with Crippen LogP contribution in [-0.2, 0) is 17.8 Å². The molecule has 28 heavy (non-hydrogen) atoms. The van der Waals surface area contributed by atoms with Gasteiger partial charge in [-0.1, -0.05) is 31.2 Å². The van der Waals surface area contributed by atoms with E-state index >= 15 is 0 Å². The minimum atomic E-state index is -2.88. The van der Waals surface area contributed by atoms with E-state index in [0.717, 1.165) is 12.0 Å². The zero-order valence-corrected chi connectivity index (χ0v) is 15.9. The molecule has 2 N–H and O–H groups in total.